The zero-order chi connectivity index (χ0) is 12.8. The SMILES string of the molecule is CCC(COC)NC(=O)c1cc(C)ccc1O. The zero-order valence-electron chi connectivity index (χ0n) is 10.5. The van der Waals surface area contributed by atoms with Crippen LogP contribution in [0.1, 0.15) is 29.3 Å². The van der Waals surface area contributed by atoms with Gasteiger partial charge in [-0.05, 0) is 25.5 Å². The van der Waals surface area contributed by atoms with E-state index in [2.05, 4.69) is 5.32 Å². The molecule has 94 valence electrons. The number of benzene rings is 1. The summed E-state index contributed by atoms with van der Waals surface area (Å²) in [5.74, 6) is -0.268. The number of aromatic hydroxyl groups is 1. The van der Waals surface area contributed by atoms with Crippen LogP contribution in [0.15, 0.2) is 18.2 Å². The highest BCUT2D eigenvalue weighted by atomic mass is 16.5. The van der Waals surface area contributed by atoms with Crippen molar-refractivity contribution in [3.05, 3.63) is 29.3 Å². The molecule has 1 aromatic carbocycles. The molecule has 0 aliphatic heterocycles. The van der Waals surface area contributed by atoms with Gasteiger partial charge < -0.3 is 15.2 Å². The number of rotatable bonds is 5. The average Bonchev–Trinajstić information content (AvgIpc) is 2.31. The zero-order valence-corrected chi connectivity index (χ0v) is 10.5. The third-order valence-corrected chi connectivity index (χ3v) is 2.59. The van der Waals surface area contributed by atoms with Gasteiger partial charge in [0.1, 0.15) is 5.75 Å². The number of hydrogen-bond acceptors (Lipinski definition) is 3. The van der Waals surface area contributed by atoms with Crippen LogP contribution < -0.4 is 5.32 Å². The summed E-state index contributed by atoms with van der Waals surface area (Å²) in [4.78, 5) is 11.9. The lowest BCUT2D eigenvalue weighted by Gasteiger charge is -2.16. The van der Waals surface area contributed by atoms with Gasteiger partial charge >= 0.3 is 0 Å². The maximum atomic E-state index is 11.9. The van der Waals surface area contributed by atoms with E-state index in [1.54, 1.807) is 19.2 Å². The molecular formula is C13H19NO3. The Hall–Kier alpha value is -1.55. The molecule has 1 unspecified atom stereocenters. The van der Waals surface area contributed by atoms with Gasteiger partial charge in [-0.25, -0.2) is 0 Å². The second kappa shape index (κ2) is 6.25. The Balaban J connectivity index is 2.78. The molecule has 4 heteroatoms. The van der Waals surface area contributed by atoms with Crippen LogP contribution in [0.4, 0.5) is 0 Å². The van der Waals surface area contributed by atoms with E-state index in [1.807, 2.05) is 13.8 Å². The number of nitrogens with one attached hydrogen (secondary N) is 1. The van der Waals surface area contributed by atoms with Crippen molar-refractivity contribution in [1.29, 1.82) is 0 Å². The first kappa shape index (κ1) is 13.5. The van der Waals surface area contributed by atoms with Crippen LogP contribution in [-0.2, 0) is 4.74 Å². The Morgan fingerprint density at radius 2 is 2.24 bits per heavy atom. The number of amides is 1. The molecule has 1 atom stereocenters. The molecule has 0 fully saturated rings. The molecule has 0 aliphatic carbocycles. The lowest BCUT2D eigenvalue weighted by atomic mass is 10.1. The fourth-order valence-corrected chi connectivity index (χ4v) is 1.56. The summed E-state index contributed by atoms with van der Waals surface area (Å²) in [7, 11) is 1.60. The molecule has 1 amide bonds. The molecular weight excluding hydrogens is 218 g/mol. The monoisotopic (exact) mass is 237 g/mol. The van der Waals surface area contributed by atoms with Crippen LogP contribution in [0, 0.1) is 6.92 Å². The van der Waals surface area contributed by atoms with Crippen molar-refractivity contribution < 1.29 is 14.6 Å². The summed E-state index contributed by atoms with van der Waals surface area (Å²) in [5, 5.41) is 12.5. The summed E-state index contributed by atoms with van der Waals surface area (Å²) in [5.41, 5.74) is 1.24. The highest BCUT2D eigenvalue weighted by Gasteiger charge is 2.15. The highest BCUT2D eigenvalue weighted by molar-refractivity contribution is 5.97. The quantitative estimate of drug-likeness (QED) is 0.821. The lowest BCUT2D eigenvalue weighted by Crippen LogP contribution is -2.37. The Labute approximate surface area is 102 Å². The number of phenols is 1. The number of aryl methyl sites for hydroxylation is 1. The first-order chi connectivity index (χ1) is 8.08. The van der Waals surface area contributed by atoms with Gasteiger partial charge in [0.25, 0.3) is 5.91 Å². The molecule has 4 nitrogen and oxygen atoms in total. The van der Waals surface area contributed by atoms with E-state index in [4.69, 9.17) is 4.74 Å². The van der Waals surface area contributed by atoms with E-state index in [0.717, 1.165) is 12.0 Å². The van der Waals surface area contributed by atoms with E-state index in [1.165, 1.54) is 6.07 Å². The molecule has 0 spiro atoms. The fourth-order valence-electron chi connectivity index (χ4n) is 1.56. The van der Waals surface area contributed by atoms with E-state index < -0.39 is 0 Å². The predicted molar refractivity (Wildman–Crippen MR) is 66.3 cm³/mol. The molecule has 1 rings (SSSR count). The van der Waals surface area contributed by atoms with Crippen molar-refractivity contribution in [3.8, 4) is 5.75 Å². The topological polar surface area (TPSA) is 58.6 Å². The minimum Gasteiger partial charge on any atom is -0.507 e. The summed E-state index contributed by atoms with van der Waals surface area (Å²) in [6, 6.07) is 4.93. The van der Waals surface area contributed by atoms with E-state index >= 15 is 0 Å². The molecule has 17 heavy (non-hydrogen) atoms. The van der Waals surface area contributed by atoms with Crippen LogP contribution in [-0.4, -0.2) is 30.8 Å². The summed E-state index contributed by atoms with van der Waals surface area (Å²) >= 11 is 0. The fraction of sp³-hybridized carbons (Fsp3) is 0.462. The summed E-state index contributed by atoms with van der Waals surface area (Å²) in [6.45, 7) is 4.32. The number of carbonyl (C=O) groups excluding carboxylic acids is 1. The molecule has 2 N–H and O–H groups in total. The molecule has 0 aliphatic rings. The van der Waals surface area contributed by atoms with Crippen LogP contribution in [0.3, 0.4) is 0 Å². The first-order valence-corrected chi connectivity index (χ1v) is 5.67. The van der Waals surface area contributed by atoms with Crippen molar-refractivity contribution in [1.82, 2.24) is 5.32 Å². The number of ether oxygens (including phenoxy) is 1. The molecule has 0 saturated heterocycles. The van der Waals surface area contributed by atoms with Gasteiger partial charge in [-0.2, -0.15) is 0 Å². The minimum atomic E-state index is -0.268. The van der Waals surface area contributed by atoms with Crippen LogP contribution in [0.25, 0.3) is 0 Å². The third kappa shape index (κ3) is 3.75. The van der Waals surface area contributed by atoms with Gasteiger partial charge in [-0.3, -0.25) is 4.79 Å². The Morgan fingerprint density at radius 1 is 1.53 bits per heavy atom. The van der Waals surface area contributed by atoms with Crippen LogP contribution >= 0.6 is 0 Å². The number of methoxy groups -OCH3 is 1. The maximum absolute atomic E-state index is 11.9. The van der Waals surface area contributed by atoms with E-state index in [9.17, 15) is 9.90 Å². The second-order valence-electron chi connectivity index (χ2n) is 4.05. The first-order valence-electron chi connectivity index (χ1n) is 5.67. The third-order valence-electron chi connectivity index (χ3n) is 2.59. The van der Waals surface area contributed by atoms with Crippen molar-refractivity contribution in [2.24, 2.45) is 0 Å². The second-order valence-corrected chi connectivity index (χ2v) is 4.05. The number of hydrogen-bond donors (Lipinski definition) is 2. The van der Waals surface area contributed by atoms with Gasteiger partial charge in [0.2, 0.25) is 0 Å². The smallest absolute Gasteiger partial charge is 0.255 e. The van der Waals surface area contributed by atoms with Gasteiger partial charge in [0, 0.05) is 7.11 Å². The Kier molecular flexibility index (Phi) is 4.97. The van der Waals surface area contributed by atoms with Gasteiger partial charge in [-0.15, -0.1) is 0 Å². The van der Waals surface area contributed by atoms with E-state index in [-0.39, 0.29) is 17.7 Å². The van der Waals surface area contributed by atoms with Gasteiger partial charge in [-0.1, -0.05) is 18.6 Å². The standard InChI is InChI=1S/C13H19NO3/c1-4-10(8-17-3)14-13(16)11-7-9(2)5-6-12(11)15/h5-7,10,15H,4,8H2,1-3H3,(H,14,16). The molecule has 0 aromatic heterocycles. The average molecular weight is 237 g/mol. The van der Waals surface area contributed by atoms with Crippen molar-refractivity contribution in [2.45, 2.75) is 26.3 Å². The molecule has 0 heterocycles. The normalized spacial score (nSPS) is 12.2. The maximum Gasteiger partial charge on any atom is 0.255 e. The predicted octanol–water partition coefficient (Wildman–Crippen LogP) is 1.86. The lowest BCUT2D eigenvalue weighted by molar-refractivity contribution is 0.0892. The van der Waals surface area contributed by atoms with Crippen molar-refractivity contribution in [2.75, 3.05) is 13.7 Å². The van der Waals surface area contributed by atoms with E-state index in [0.29, 0.717) is 12.2 Å². The van der Waals surface area contributed by atoms with Crippen LogP contribution in [0.5, 0.6) is 5.75 Å². The molecule has 1 aromatic rings. The summed E-state index contributed by atoms with van der Waals surface area (Å²) in [6.07, 6.45) is 0.784. The number of phenolic OH excluding ortho intramolecular Hbond substituents is 1. The molecule has 0 saturated carbocycles. The van der Waals surface area contributed by atoms with Crippen molar-refractivity contribution in [3.63, 3.8) is 0 Å². The van der Waals surface area contributed by atoms with Gasteiger partial charge in [0.05, 0.1) is 18.2 Å². The Bertz CT molecular complexity index is 390. The minimum absolute atomic E-state index is 0.000342. The van der Waals surface area contributed by atoms with Crippen molar-refractivity contribution >= 4 is 5.91 Å². The highest BCUT2D eigenvalue weighted by Crippen LogP contribution is 2.18. The largest absolute Gasteiger partial charge is 0.507 e. The molecule has 0 radical (unpaired) electrons. The number of carbonyl (C=O) groups is 1. The van der Waals surface area contributed by atoms with Gasteiger partial charge in [0.15, 0.2) is 0 Å². The van der Waals surface area contributed by atoms with Crippen LogP contribution in [0.2, 0.25) is 0 Å². The summed E-state index contributed by atoms with van der Waals surface area (Å²) < 4.78 is 5.01. The molecule has 0 bridgehead atoms. The Morgan fingerprint density at radius 3 is 2.82 bits per heavy atom.